The molecule has 0 heterocycles. The van der Waals surface area contributed by atoms with Gasteiger partial charge in [-0.15, -0.1) is 0 Å². The minimum atomic E-state index is -1.10. The van der Waals surface area contributed by atoms with Crippen LogP contribution in [-0.4, -0.2) is 22.9 Å². The number of nitrogens with one attached hydrogen (secondary N) is 1. The highest BCUT2D eigenvalue weighted by Gasteiger charge is 2.25. The van der Waals surface area contributed by atoms with E-state index in [1.807, 2.05) is 19.1 Å². The molecule has 0 aliphatic rings. The number of hydrogen-bond acceptors (Lipinski definition) is 5. The number of rotatable bonds is 5. The van der Waals surface area contributed by atoms with E-state index in [1.165, 1.54) is 31.2 Å². The van der Waals surface area contributed by atoms with Crippen molar-refractivity contribution >= 4 is 23.3 Å². The predicted octanol–water partition coefficient (Wildman–Crippen LogP) is 3.09. The number of benzene rings is 2. The van der Waals surface area contributed by atoms with Gasteiger partial charge in [0.05, 0.1) is 4.92 Å². The Labute approximate surface area is 138 Å². The lowest BCUT2D eigenvalue weighted by molar-refractivity contribution is -0.385. The number of amides is 1. The van der Waals surface area contributed by atoms with Crippen LogP contribution >= 0.6 is 0 Å². The third-order valence-electron chi connectivity index (χ3n) is 3.38. The van der Waals surface area contributed by atoms with E-state index < -0.39 is 22.9 Å². The van der Waals surface area contributed by atoms with Crippen molar-refractivity contribution in [1.82, 2.24) is 0 Å². The molecule has 1 amide bonds. The summed E-state index contributed by atoms with van der Waals surface area (Å²) >= 11 is 0. The number of ether oxygens (including phenoxy) is 1. The van der Waals surface area contributed by atoms with Gasteiger partial charge in [-0.25, -0.2) is 4.79 Å². The first-order chi connectivity index (χ1) is 11.4. The molecule has 24 heavy (non-hydrogen) atoms. The van der Waals surface area contributed by atoms with Crippen molar-refractivity contribution in [2.75, 3.05) is 5.32 Å². The van der Waals surface area contributed by atoms with E-state index in [1.54, 1.807) is 12.1 Å². The molecule has 0 saturated heterocycles. The number of nitro groups is 1. The number of carbonyl (C=O) groups excluding carboxylic acids is 2. The van der Waals surface area contributed by atoms with Gasteiger partial charge in [-0.1, -0.05) is 30.3 Å². The van der Waals surface area contributed by atoms with Crippen LogP contribution in [0.2, 0.25) is 0 Å². The Kier molecular flexibility index (Phi) is 5.26. The molecule has 7 nitrogen and oxygen atoms in total. The average molecular weight is 328 g/mol. The lowest BCUT2D eigenvalue weighted by Gasteiger charge is -2.14. The van der Waals surface area contributed by atoms with Crippen LogP contribution in [0.1, 0.15) is 22.8 Å². The quantitative estimate of drug-likeness (QED) is 0.516. The summed E-state index contributed by atoms with van der Waals surface area (Å²) in [5.74, 6) is -1.44. The van der Waals surface area contributed by atoms with Crippen LogP contribution in [0.5, 0.6) is 0 Å². The molecule has 0 aliphatic carbocycles. The average Bonchev–Trinajstić information content (AvgIpc) is 2.56. The molecule has 0 radical (unpaired) electrons. The molecular weight excluding hydrogens is 312 g/mol. The summed E-state index contributed by atoms with van der Waals surface area (Å²) in [5, 5.41) is 13.6. The number of nitrogens with zero attached hydrogens (tertiary/aromatic N) is 1. The summed E-state index contributed by atoms with van der Waals surface area (Å²) in [6.45, 7) is 3.24. The molecule has 2 aromatic carbocycles. The summed E-state index contributed by atoms with van der Waals surface area (Å²) in [5.41, 5.74) is 0.909. The second-order valence-electron chi connectivity index (χ2n) is 5.13. The lowest BCUT2D eigenvalue weighted by Crippen LogP contribution is -2.30. The topological polar surface area (TPSA) is 98.5 Å². The van der Waals surface area contributed by atoms with Gasteiger partial charge < -0.3 is 10.1 Å². The Morgan fingerprint density at radius 1 is 1.12 bits per heavy atom. The summed E-state index contributed by atoms with van der Waals surface area (Å²) in [6, 6.07) is 12.6. The zero-order chi connectivity index (χ0) is 17.7. The maximum Gasteiger partial charge on any atom is 0.345 e. The van der Waals surface area contributed by atoms with Crippen LogP contribution in [0.4, 0.5) is 11.4 Å². The fourth-order valence-corrected chi connectivity index (χ4v) is 2.03. The monoisotopic (exact) mass is 328 g/mol. The highest BCUT2D eigenvalue weighted by molar-refractivity contribution is 5.99. The van der Waals surface area contributed by atoms with Crippen molar-refractivity contribution in [1.29, 1.82) is 0 Å². The minimum absolute atomic E-state index is 0.196. The number of esters is 1. The first-order valence-corrected chi connectivity index (χ1v) is 7.21. The van der Waals surface area contributed by atoms with Crippen LogP contribution in [-0.2, 0) is 9.53 Å². The zero-order valence-corrected chi connectivity index (χ0v) is 13.2. The Bertz CT molecular complexity index is 788. The number of anilines is 1. The Morgan fingerprint density at radius 3 is 2.42 bits per heavy atom. The van der Waals surface area contributed by atoms with Gasteiger partial charge in [-0.2, -0.15) is 0 Å². The van der Waals surface area contributed by atoms with Gasteiger partial charge in [0, 0.05) is 11.8 Å². The van der Waals surface area contributed by atoms with E-state index in [2.05, 4.69) is 5.32 Å². The van der Waals surface area contributed by atoms with Crippen molar-refractivity contribution in [3.05, 3.63) is 69.8 Å². The third kappa shape index (κ3) is 3.95. The van der Waals surface area contributed by atoms with Crippen LogP contribution in [0, 0.1) is 17.0 Å². The second-order valence-corrected chi connectivity index (χ2v) is 5.13. The highest BCUT2D eigenvalue weighted by atomic mass is 16.6. The zero-order valence-electron chi connectivity index (χ0n) is 13.2. The van der Waals surface area contributed by atoms with E-state index >= 15 is 0 Å². The number of hydrogen-bond donors (Lipinski definition) is 1. The number of carbonyl (C=O) groups is 2. The third-order valence-corrected chi connectivity index (χ3v) is 3.38. The number of nitro benzene ring substituents is 1. The highest BCUT2D eigenvalue weighted by Crippen LogP contribution is 2.19. The summed E-state index contributed by atoms with van der Waals surface area (Å²) in [4.78, 5) is 34.5. The standard InChI is InChI=1S/C17H16N2O5/c1-11-7-3-5-9-14(11)18-16(20)12(2)24-17(21)13-8-4-6-10-15(13)19(22)23/h3-10,12H,1-2H3,(H,18,20). The number of aryl methyl sites for hydroxylation is 1. The first kappa shape index (κ1) is 17.1. The molecule has 1 N–H and O–H groups in total. The smallest absolute Gasteiger partial charge is 0.345 e. The molecule has 2 aromatic rings. The second kappa shape index (κ2) is 7.36. The summed E-state index contributed by atoms with van der Waals surface area (Å²) < 4.78 is 5.05. The molecule has 1 atom stereocenters. The number of para-hydroxylation sites is 2. The Morgan fingerprint density at radius 2 is 1.75 bits per heavy atom. The molecular formula is C17H16N2O5. The van der Waals surface area contributed by atoms with E-state index in [9.17, 15) is 19.7 Å². The van der Waals surface area contributed by atoms with Gasteiger partial charge in [0.25, 0.3) is 11.6 Å². The largest absolute Gasteiger partial charge is 0.449 e. The van der Waals surface area contributed by atoms with Crippen molar-refractivity contribution in [2.24, 2.45) is 0 Å². The van der Waals surface area contributed by atoms with Crippen LogP contribution in [0.3, 0.4) is 0 Å². The molecule has 0 bridgehead atoms. The maximum absolute atomic E-state index is 12.1. The van der Waals surface area contributed by atoms with E-state index in [4.69, 9.17) is 4.74 Å². The molecule has 0 aromatic heterocycles. The van der Waals surface area contributed by atoms with Crippen LogP contribution < -0.4 is 5.32 Å². The van der Waals surface area contributed by atoms with E-state index in [-0.39, 0.29) is 11.3 Å². The predicted molar refractivity (Wildman–Crippen MR) is 87.8 cm³/mol. The first-order valence-electron chi connectivity index (χ1n) is 7.21. The fourth-order valence-electron chi connectivity index (χ4n) is 2.03. The molecule has 1 unspecified atom stereocenters. The molecule has 0 aliphatic heterocycles. The lowest BCUT2D eigenvalue weighted by atomic mass is 10.2. The maximum atomic E-state index is 12.1. The SMILES string of the molecule is Cc1ccccc1NC(=O)C(C)OC(=O)c1ccccc1[N+](=O)[O-]. The van der Waals surface area contributed by atoms with Crippen LogP contribution in [0.15, 0.2) is 48.5 Å². The summed E-state index contributed by atoms with van der Waals surface area (Å²) in [6.07, 6.45) is -1.10. The van der Waals surface area contributed by atoms with Crippen molar-refractivity contribution < 1.29 is 19.2 Å². The van der Waals surface area contributed by atoms with E-state index in [0.29, 0.717) is 5.69 Å². The normalized spacial score (nSPS) is 11.4. The molecule has 124 valence electrons. The molecule has 0 spiro atoms. The fraction of sp³-hybridized carbons (Fsp3) is 0.176. The van der Waals surface area contributed by atoms with Gasteiger partial charge in [-0.05, 0) is 31.5 Å². The van der Waals surface area contributed by atoms with Gasteiger partial charge >= 0.3 is 5.97 Å². The molecule has 2 rings (SSSR count). The molecule has 7 heteroatoms. The summed E-state index contributed by atoms with van der Waals surface area (Å²) in [7, 11) is 0. The molecule has 0 saturated carbocycles. The van der Waals surface area contributed by atoms with Crippen LogP contribution in [0.25, 0.3) is 0 Å². The van der Waals surface area contributed by atoms with Gasteiger partial charge in [0.15, 0.2) is 6.10 Å². The Hall–Kier alpha value is -3.22. The van der Waals surface area contributed by atoms with Crippen molar-refractivity contribution in [3.63, 3.8) is 0 Å². The van der Waals surface area contributed by atoms with Gasteiger partial charge in [0.1, 0.15) is 5.56 Å². The van der Waals surface area contributed by atoms with Crippen molar-refractivity contribution in [3.8, 4) is 0 Å². The minimum Gasteiger partial charge on any atom is -0.449 e. The van der Waals surface area contributed by atoms with Gasteiger partial charge in [0.2, 0.25) is 0 Å². The van der Waals surface area contributed by atoms with Crippen molar-refractivity contribution in [2.45, 2.75) is 20.0 Å². The molecule has 0 fully saturated rings. The van der Waals surface area contributed by atoms with Gasteiger partial charge in [-0.3, -0.25) is 14.9 Å². The van der Waals surface area contributed by atoms with E-state index in [0.717, 1.165) is 5.56 Å². The Balaban J connectivity index is 2.08.